The van der Waals surface area contributed by atoms with E-state index in [1.165, 1.54) is 19.1 Å². The first-order chi connectivity index (χ1) is 37.2. The summed E-state index contributed by atoms with van der Waals surface area (Å²) in [5.74, 6) is -7.14. The molecular weight excluding hydrogens is 1020 g/mol. The fourth-order valence-electron chi connectivity index (χ4n) is 9.54. The van der Waals surface area contributed by atoms with Crippen LogP contribution in [0.25, 0.3) is 0 Å². The van der Waals surface area contributed by atoms with Gasteiger partial charge < -0.3 is 66.7 Å². The molecule has 3 aliphatic rings. The maximum absolute atomic E-state index is 13.5. The first-order valence-corrected chi connectivity index (χ1v) is 24.8. The summed E-state index contributed by atoms with van der Waals surface area (Å²) >= 11 is 0. The van der Waals surface area contributed by atoms with Crippen LogP contribution in [0, 0.1) is 0 Å². The van der Waals surface area contributed by atoms with Gasteiger partial charge in [0.2, 0.25) is 0 Å². The predicted molar refractivity (Wildman–Crippen MR) is 265 cm³/mol. The Morgan fingerprint density at radius 1 is 0.513 bits per heavy atom. The first-order valence-electron chi connectivity index (χ1n) is 24.8. The maximum Gasteiger partial charge on any atom is 0.308 e. The van der Waals surface area contributed by atoms with Crippen molar-refractivity contribution >= 4 is 47.8 Å². The Balaban J connectivity index is 1.63. The van der Waals surface area contributed by atoms with Crippen molar-refractivity contribution in [2.45, 2.75) is 142 Å². The molecule has 2 saturated heterocycles. The van der Waals surface area contributed by atoms with Gasteiger partial charge in [-0.25, -0.2) is 0 Å². The van der Waals surface area contributed by atoms with Crippen molar-refractivity contribution in [3.63, 3.8) is 0 Å². The average molecular weight is 1090 g/mol. The second-order valence-electron chi connectivity index (χ2n) is 18.5. The Labute approximate surface area is 448 Å². The van der Waals surface area contributed by atoms with Gasteiger partial charge in [0.1, 0.15) is 67.2 Å². The Morgan fingerprint density at radius 2 is 1.00 bits per heavy atom. The molecule has 22 heteroatoms. The van der Waals surface area contributed by atoms with Gasteiger partial charge in [-0.05, 0) is 28.8 Å². The number of fused-ring (bicyclic) bond motifs is 1. The molecule has 0 bridgehead atoms. The van der Waals surface area contributed by atoms with E-state index in [1.807, 2.05) is 0 Å². The average Bonchev–Trinajstić information content (AvgIpc) is 3.58. The number of benzene rings is 4. The summed E-state index contributed by atoms with van der Waals surface area (Å²) in [6.07, 6.45) is -17.7. The number of ether oxygens (including phenoxy) is 13. The second-order valence-corrected chi connectivity index (χ2v) is 18.5. The molecule has 4 aromatic carbocycles. The summed E-state index contributed by atoms with van der Waals surface area (Å²) in [6.45, 7) is 7.18. The minimum absolute atomic E-state index is 0.0973. The standard InChI is InChI=1S/C56H60O22/c1-28(57)66-26-43-48(73-32(5)61)55(75-34(7)63)56(76-35(8)64)53(78-43)45-49(67-24-36-15-11-9-12-16-36)44-40(65)23-41(38-19-21-39(22-20-38)70-29(2)58)77-51(44)46(50(45)68-25-37-17-13-10-14-18-37)52-54(74-33(6)62)47(72-31(4)60)42(27-69-52)71-30(3)59/h9-22,40-43,47-48,52-56,65H,23-27H2,1-8H3/t40?,41?,42-,43-,47-,48-,52-,53+,54+,55+,56+/m1/s1. The van der Waals surface area contributed by atoms with Crippen molar-refractivity contribution < 1.29 is 105 Å². The monoisotopic (exact) mass is 1080 g/mol. The fraction of sp³-hybridized carbons (Fsp3) is 0.429. The van der Waals surface area contributed by atoms with Crippen molar-refractivity contribution in [2.24, 2.45) is 0 Å². The highest BCUT2D eigenvalue weighted by Gasteiger charge is 2.57. The Morgan fingerprint density at radius 3 is 1.51 bits per heavy atom. The molecule has 2 unspecified atom stereocenters. The molecule has 4 aromatic rings. The van der Waals surface area contributed by atoms with E-state index in [1.54, 1.807) is 72.8 Å². The van der Waals surface area contributed by atoms with E-state index < -0.39 is 128 Å². The van der Waals surface area contributed by atoms with E-state index in [-0.39, 0.29) is 59.3 Å². The Kier molecular flexibility index (Phi) is 19.1. The molecule has 0 saturated carbocycles. The van der Waals surface area contributed by atoms with Crippen LogP contribution in [0.5, 0.6) is 23.0 Å². The molecular formula is C56H60O22. The molecule has 2 fully saturated rings. The maximum atomic E-state index is 13.5. The molecule has 3 heterocycles. The van der Waals surface area contributed by atoms with Crippen LogP contribution < -0.4 is 18.9 Å². The summed E-state index contributed by atoms with van der Waals surface area (Å²) < 4.78 is 80.3. The largest absolute Gasteiger partial charge is 0.488 e. The highest BCUT2D eigenvalue weighted by atomic mass is 16.7. The van der Waals surface area contributed by atoms with Gasteiger partial charge in [-0.15, -0.1) is 0 Å². The third kappa shape index (κ3) is 14.3. The highest BCUT2D eigenvalue weighted by molar-refractivity contribution is 5.72. The number of aliphatic hydroxyl groups is 1. The number of carbonyl (C=O) groups is 8. The lowest BCUT2D eigenvalue weighted by Gasteiger charge is -2.46. The summed E-state index contributed by atoms with van der Waals surface area (Å²) in [4.78, 5) is 103. The molecule has 1 N–H and O–H groups in total. The zero-order valence-corrected chi connectivity index (χ0v) is 44.0. The summed E-state index contributed by atoms with van der Waals surface area (Å²) in [5, 5.41) is 12.9. The summed E-state index contributed by atoms with van der Waals surface area (Å²) in [5.41, 5.74) is 1.22. The summed E-state index contributed by atoms with van der Waals surface area (Å²) in [6, 6.07) is 23.9. The SMILES string of the molecule is CC(=O)OC[C@H]1O[C@@H](c2c(OCc3ccccc3)c3c(c([C@H]4OC[C@@H](OC(C)=O)[C@@H](OC(C)=O)[C@@H]4OC(C)=O)c2OCc2ccccc2)OC(c2ccc(OC(C)=O)cc2)CC3O)[C@H](OC(C)=O)[C@@H](OC(C)=O)[C@@H]1OC(C)=O. The minimum Gasteiger partial charge on any atom is -0.488 e. The molecule has 0 amide bonds. The fourth-order valence-corrected chi connectivity index (χ4v) is 9.54. The van der Waals surface area contributed by atoms with E-state index in [0.29, 0.717) is 16.7 Å². The number of rotatable bonds is 18. The molecule has 0 spiro atoms. The Hall–Kier alpha value is -8.08. The van der Waals surface area contributed by atoms with E-state index in [2.05, 4.69) is 0 Å². The first kappa shape index (κ1) is 57.6. The van der Waals surface area contributed by atoms with Gasteiger partial charge in [-0.2, -0.15) is 0 Å². The molecule has 0 aliphatic carbocycles. The second kappa shape index (κ2) is 25.8. The lowest BCUT2D eigenvalue weighted by molar-refractivity contribution is -0.255. The zero-order chi connectivity index (χ0) is 56.4. The third-order valence-electron chi connectivity index (χ3n) is 12.4. The lowest BCUT2D eigenvalue weighted by Crippen LogP contribution is -2.59. The zero-order valence-electron chi connectivity index (χ0n) is 44.0. The number of esters is 8. The van der Waals surface area contributed by atoms with Crippen molar-refractivity contribution in [1.82, 2.24) is 0 Å². The normalized spacial score (nSPS) is 24.3. The van der Waals surface area contributed by atoms with Crippen LogP contribution in [0.15, 0.2) is 84.9 Å². The van der Waals surface area contributed by atoms with Crippen molar-refractivity contribution in [1.29, 1.82) is 0 Å². The number of hydrogen-bond acceptors (Lipinski definition) is 22. The van der Waals surface area contributed by atoms with Crippen molar-refractivity contribution in [3.8, 4) is 23.0 Å². The number of carbonyl (C=O) groups excluding carboxylic acids is 8. The quantitative estimate of drug-likeness (QED) is 0.0680. The van der Waals surface area contributed by atoms with Gasteiger partial charge in [-0.3, -0.25) is 38.4 Å². The topological polar surface area (TPSA) is 277 Å². The smallest absolute Gasteiger partial charge is 0.308 e. The third-order valence-corrected chi connectivity index (χ3v) is 12.4. The van der Waals surface area contributed by atoms with Crippen molar-refractivity contribution in [2.75, 3.05) is 13.2 Å². The molecule has 0 aromatic heterocycles. The van der Waals surface area contributed by atoms with Crippen LogP contribution in [0.1, 0.15) is 120 Å². The molecule has 78 heavy (non-hydrogen) atoms. The highest BCUT2D eigenvalue weighted by Crippen LogP contribution is 2.59. The van der Waals surface area contributed by atoms with E-state index in [4.69, 9.17) is 61.6 Å². The van der Waals surface area contributed by atoms with Crippen LogP contribution in [-0.4, -0.2) is 109 Å². The van der Waals surface area contributed by atoms with Crippen LogP contribution in [0.4, 0.5) is 0 Å². The Bertz CT molecular complexity index is 2830. The molecule has 0 radical (unpaired) electrons. The molecule has 22 nitrogen and oxygen atoms in total. The van der Waals surface area contributed by atoms with Crippen molar-refractivity contribution in [3.05, 3.63) is 118 Å². The van der Waals surface area contributed by atoms with E-state index in [9.17, 15) is 43.5 Å². The van der Waals surface area contributed by atoms with Gasteiger partial charge in [0.05, 0.1) is 29.4 Å². The van der Waals surface area contributed by atoms with Gasteiger partial charge in [0.25, 0.3) is 0 Å². The van der Waals surface area contributed by atoms with E-state index >= 15 is 0 Å². The minimum atomic E-state index is -1.81. The number of aliphatic hydroxyl groups excluding tert-OH is 1. The van der Waals surface area contributed by atoms with Crippen LogP contribution >= 0.6 is 0 Å². The van der Waals surface area contributed by atoms with Crippen LogP contribution in [-0.2, 0) is 94.2 Å². The predicted octanol–water partition coefficient (Wildman–Crippen LogP) is 5.99. The van der Waals surface area contributed by atoms with Crippen LogP contribution in [0.3, 0.4) is 0 Å². The summed E-state index contributed by atoms with van der Waals surface area (Å²) in [7, 11) is 0. The molecule has 7 rings (SSSR count). The molecule has 11 atom stereocenters. The van der Waals surface area contributed by atoms with Crippen LogP contribution in [0.2, 0.25) is 0 Å². The number of hydrogen-bond donors (Lipinski definition) is 1. The molecule has 416 valence electrons. The van der Waals surface area contributed by atoms with Gasteiger partial charge in [-0.1, -0.05) is 72.8 Å². The molecule has 3 aliphatic heterocycles. The lowest BCUT2D eigenvalue weighted by atomic mass is 9.82. The van der Waals surface area contributed by atoms with Gasteiger partial charge in [0.15, 0.2) is 36.6 Å². The van der Waals surface area contributed by atoms with Gasteiger partial charge in [0, 0.05) is 61.8 Å². The van der Waals surface area contributed by atoms with Gasteiger partial charge >= 0.3 is 47.8 Å². The van der Waals surface area contributed by atoms with E-state index in [0.717, 1.165) is 48.5 Å².